The van der Waals surface area contributed by atoms with E-state index in [4.69, 9.17) is 0 Å². The predicted molar refractivity (Wildman–Crippen MR) is 110 cm³/mol. The number of hydrogen-bond acceptors (Lipinski definition) is 3. The number of rotatable bonds is 8. The fourth-order valence-corrected chi connectivity index (χ4v) is 2.86. The fourth-order valence-electron chi connectivity index (χ4n) is 2.86. The second-order valence-corrected chi connectivity index (χ2v) is 6.57. The molecule has 24 heavy (non-hydrogen) atoms. The van der Waals surface area contributed by atoms with Crippen LogP contribution in [-0.4, -0.2) is 62.1 Å². The van der Waals surface area contributed by atoms with Crippen molar-refractivity contribution in [2.45, 2.75) is 57.9 Å². The third kappa shape index (κ3) is 9.66. The Hall–Kier alpha value is -0.570. The van der Waals surface area contributed by atoms with Gasteiger partial charge in [0.1, 0.15) is 6.54 Å². The summed E-state index contributed by atoms with van der Waals surface area (Å²) in [5, 5.41) is 9.49. The average molecular weight is 451 g/mol. The number of nitrogens with zero attached hydrogens (tertiary/aromatic N) is 2. The van der Waals surface area contributed by atoms with Gasteiger partial charge in [0.25, 0.3) is 0 Å². The van der Waals surface area contributed by atoms with Gasteiger partial charge in [0.05, 0.1) is 0 Å². The van der Waals surface area contributed by atoms with Crippen molar-refractivity contribution in [2.24, 2.45) is 4.99 Å². The largest absolute Gasteiger partial charge is 0.357 e. The van der Waals surface area contributed by atoms with Crippen molar-refractivity contribution in [3.63, 3.8) is 0 Å². The van der Waals surface area contributed by atoms with Crippen molar-refractivity contribution in [2.75, 3.05) is 39.3 Å². The first-order valence-corrected chi connectivity index (χ1v) is 9.32. The van der Waals surface area contributed by atoms with Gasteiger partial charge in [-0.05, 0) is 58.7 Å². The summed E-state index contributed by atoms with van der Waals surface area (Å²) in [6, 6.07) is 0.405. The number of guanidine groups is 1. The van der Waals surface area contributed by atoms with Crippen molar-refractivity contribution in [1.82, 2.24) is 20.9 Å². The summed E-state index contributed by atoms with van der Waals surface area (Å²) in [4.78, 5) is 18.6. The Morgan fingerprint density at radius 3 is 2.46 bits per heavy atom. The minimum absolute atomic E-state index is 0. The molecule has 1 amide bonds. The highest BCUT2D eigenvalue weighted by Crippen LogP contribution is 2.18. The smallest absolute Gasteiger partial charge is 0.242 e. The van der Waals surface area contributed by atoms with Crippen LogP contribution in [0.4, 0.5) is 0 Å². The summed E-state index contributed by atoms with van der Waals surface area (Å²) in [7, 11) is 0. The highest BCUT2D eigenvalue weighted by molar-refractivity contribution is 14.0. The van der Waals surface area contributed by atoms with E-state index in [1.54, 1.807) is 0 Å². The van der Waals surface area contributed by atoms with Crippen molar-refractivity contribution < 1.29 is 4.79 Å². The first-order valence-electron chi connectivity index (χ1n) is 9.32. The molecule has 2 aliphatic rings. The SMILES string of the molecule is CCNC(=NCC(=O)NC1CC1)NCCCN1CCCCCC1.I. The van der Waals surface area contributed by atoms with Crippen LogP contribution in [0.1, 0.15) is 51.9 Å². The van der Waals surface area contributed by atoms with Crippen LogP contribution in [0, 0.1) is 0 Å². The number of likely N-dealkylation sites (tertiary alicyclic amines) is 1. The summed E-state index contributed by atoms with van der Waals surface area (Å²) in [5.74, 6) is 0.767. The average Bonchev–Trinajstić information content (AvgIpc) is 3.36. The molecule has 0 unspecified atom stereocenters. The van der Waals surface area contributed by atoms with E-state index in [1.165, 1.54) is 38.8 Å². The molecular formula is C17H34IN5O. The number of halogens is 1. The van der Waals surface area contributed by atoms with Crippen LogP contribution in [0.5, 0.6) is 0 Å². The first-order chi connectivity index (χ1) is 11.3. The van der Waals surface area contributed by atoms with E-state index < -0.39 is 0 Å². The maximum Gasteiger partial charge on any atom is 0.242 e. The molecule has 0 aromatic heterocycles. The lowest BCUT2D eigenvalue weighted by Crippen LogP contribution is -2.40. The predicted octanol–water partition coefficient (Wildman–Crippen LogP) is 1.70. The van der Waals surface area contributed by atoms with Gasteiger partial charge in [-0.1, -0.05) is 12.8 Å². The Labute approximate surface area is 163 Å². The van der Waals surface area contributed by atoms with Crippen LogP contribution in [0.15, 0.2) is 4.99 Å². The van der Waals surface area contributed by atoms with E-state index in [2.05, 4.69) is 25.8 Å². The molecule has 1 saturated heterocycles. The van der Waals surface area contributed by atoms with Gasteiger partial charge in [-0.3, -0.25) is 4.79 Å². The maximum atomic E-state index is 11.7. The summed E-state index contributed by atoms with van der Waals surface area (Å²) >= 11 is 0. The van der Waals surface area contributed by atoms with Crippen molar-refractivity contribution >= 4 is 35.8 Å². The maximum absolute atomic E-state index is 11.7. The van der Waals surface area contributed by atoms with E-state index in [0.717, 1.165) is 44.9 Å². The van der Waals surface area contributed by atoms with E-state index in [0.29, 0.717) is 6.04 Å². The fraction of sp³-hybridized carbons (Fsp3) is 0.882. The lowest BCUT2D eigenvalue weighted by molar-refractivity contribution is -0.119. The van der Waals surface area contributed by atoms with Gasteiger partial charge in [-0.25, -0.2) is 4.99 Å². The summed E-state index contributed by atoms with van der Waals surface area (Å²) in [6.45, 7) is 7.59. The molecule has 1 saturated carbocycles. The Bertz CT molecular complexity index is 379. The highest BCUT2D eigenvalue weighted by Gasteiger charge is 2.22. The van der Waals surface area contributed by atoms with Crippen LogP contribution < -0.4 is 16.0 Å². The molecule has 7 heteroatoms. The molecule has 0 spiro atoms. The Morgan fingerprint density at radius 2 is 1.83 bits per heavy atom. The van der Waals surface area contributed by atoms with E-state index >= 15 is 0 Å². The topological polar surface area (TPSA) is 68.8 Å². The molecule has 1 aliphatic heterocycles. The number of carbonyl (C=O) groups is 1. The van der Waals surface area contributed by atoms with Gasteiger partial charge in [-0.15, -0.1) is 24.0 Å². The summed E-state index contributed by atoms with van der Waals surface area (Å²) < 4.78 is 0. The van der Waals surface area contributed by atoms with Crippen molar-refractivity contribution in [1.29, 1.82) is 0 Å². The number of hydrogen-bond donors (Lipinski definition) is 3. The van der Waals surface area contributed by atoms with E-state index in [-0.39, 0.29) is 36.4 Å². The standard InChI is InChI=1S/C17H33N5O.HI/c1-2-18-17(20-14-16(23)21-15-8-9-15)19-10-7-13-22-11-5-3-4-6-12-22;/h15H,2-14H2,1H3,(H,21,23)(H2,18,19,20);1H. The Kier molecular flexibility index (Phi) is 11.4. The van der Waals surface area contributed by atoms with Crippen LogP contribution >= 0.6 is 24.0 Å². The zero-order chi connectivity index (χ0) is 16.3. The van der Waals surface area contributed by atoms with Gasteiger partial charge in [0, 0.05) is 19.1 Å². The molecule has 0 radical (unpaired) electrons. The molecule has 140 valence electrons. The molecule has 0 bridgehead atoms. The van der Waals surface area contributed by atoms with Gasteiger partial charge in [0.15, 0.2) is 5.96 Å². The molecule has 1 aliphatic carbocycles. The molecule has 2 rings (SSSR count). The van der Waals surface area contributed by atoms with Crippen molar-refractivity contribution in [3.05, 3.63) is 0 Å². The Balaban J connectivity index is 0.00000288. The molecule has 0 atom stereocenters. The number of aliphatic imine (C=N–C) groups is 1. The molecule has 3 N–H and O–H groups in total. The monoisotopic (exact) mass is 451 g/mol. The van der Waals surface area contributed by atoms with E-state index in [9.17, 15) is 4.79 Å². The summed E-state index contributed by atoms with van der Waals surface area (Å²) in [5.41, 5.74) is 0. The molecule has 0 aromatic rings. The zero-order valence-electron chi connectivity index (χ0n) is 15.0. The van der Waals surface area contributed by atoms with Crippen LogP contribution in [0.3, 0.4) is 0 Å². The van der Waals surface area contributed by atoms with E-state index in [1.807, 2.05) is 6.92 Å². The van der Waals surface area contributed by atoms with Gasteiger partial charge < -0.3 is 20.9 Å². The molecule has 1 heterocycles. The normalized spacial score (nSPS) is 19.1. The molecular weight excluding hydrogens is 417 g/mol. The summed E-state index contributed by atoms with van der Waals surface area (Å²) in [6.07, 6.45) is 8.79. The van der Waals surface area contributed by atoms with Crippen LogP contribution in [0.2, 0.25) is 0 Å². The minimum atomic E-state index is 0. The van der Waals surface area contributed by atoms with Crippen LogP contribution in [-0.2, 0) is 4.79 Å². The van der Waals surface area contributed by atoms with Gasteiger partial charge in [-0.2, -0.15) is 0 Å². The molecule has 0 aromatic carbocycles. The number of amides is 1. The second kappa shape index (κ2) is 12.7. The molecule has 6 nitrogen and oxygen atoms in total. The number of carbonyl (C=O) groups excluding carboxylic acids is 1. The highest BCUT2D eigenvalue weighted by atomic mass is 127. The lowest BCUT2D eigenvalue weighted by atomic mass is 10.2. The molecule has 2 fully saturated rings. The van der Waals surface area contributed by atoms with Gasteiger partial charge >= 0.3 is 0 Å². The minimum Gasteiger partial charge on any atom is -0.357 e. The zero-order valence-corrected chi connectivity index (χ0v) is 17.3. The Morgan fingerprint density at radius 1 is 1.12 bits per heavy atom. The quantitative estimate of drug-likeness (QED) is 0.228. The number of nitrogens with one attached hydrogen (secondary N) is 3. The van der Waals surface area contributed by atoms with Crippen LogP contribution in [0.25, 0.3) is 0 Å². The third-order valence-corrected chi connectivity index (χ3v) is 4.31. The third-order valence-electron chi connectivity index (χ3n) is 4.31. The first kappa shape index (κ1) is 21.5. The second-order valence-electron chi connectivity index (χ2n) is 6.57. The van der Waals surface area contributed by atoms with Crippen molar-refractivity contribution in [3.8, 4) is 0 Å². The van der Waals surface area contributed by atoms with Gasteiger partial charge in [0.2, 0.25) is 5.91 Å². The lowest BCUT2D eigenvalue weighted by Gasteiger charge is -2.20.